The SMILES string of the molecule is OCc1ccc(CCNCc2cc(F)cc(F)c2)cc1. The zero-order valence-electron chi connectivity index (χ0n) is 11.1. The van der Waals surface area contributed by atoms with Crippen LogP contribution in [0.25, 0.3) is 0 Å². The molecule has 0 aliphatic carbocycles. The van der Waals surface area contributed by atoms with Crippen molar-refractivity contribution in [2.24, 2.45) is 0 Å². The lowest BCUT2D eigenvalue weighted by Crippen LogP contribution is -2.16. The van der Waals surface area contributed by atoms with Gasteiger partial charge in [0.25, 0.3) is 0 Å². The second kappa shape index (κ2) is 7.12. The van der Waals surface area contributed by atoms with Crippen LogP contribution in [0.5, 0.6) is 0 Å². The fourth-order valence-corrected chi connectivity index (χ4v) is 1.99. The second-order valence-corrected chi connectivity index (χ2v) is 4.68. The van der Waals surface area contributed by atoms with Gasteiger partial charge in [-0.2, -0.15) is 0 Å². The molecule has 0 fully saturated rings. The van der Waals surface area contributed by atoms with Gasteiger partial charge in [0.05, 0.1) is 6.61 Å². The van der Waals surface area contributed by atoms with Gasteiger partial charge in [0.1, 0.15) is 11.6 Å². The van der Waals surface area contributed by atoms with Gasteiger partial charge in [-0.1, -0.05) is 24.3 Å². The van der Waals surface area contributed by atoms with Gasteiger partial charge in [0.2, 0.25) is 0 Å². The van der Waals surface area contributed by atoms with Crippen molar-refractivity contribution in [2.75, 3.05) is 6.54 Å². The van der Waals surface area contributed by atoms with Gasteiger partial charge in [0.15, 0.2) is 0 Å². The van der Waals surface area contributed by atoms with E-state index in [9.17, 15) is 8.78 Å². The normalized spacial score (nSPS) is 10.8. The Morgan fingerprint density at radius 1 is 0.850 bits per heavy atom. The highest BCUT2D eigenvalue weighted by Crippen LogP contribution is 2.08. The van der Waals surface area contributed by atoms with Crippen LogP contribution in [0, 0.1) is 11.6 Å². The average Bonchev–Trinajstić information content (AvgIpc) is 2.43. The predicted octanol–water partition coefficient (Wildman–Crippen LogP) is 2.79. The summed E-state index contributed by atoms with van der Waals surface area (Å²) in [6.07, 6.45) is 0.823. The van der Waals surface area contributed by atoms with Crippen LogP contribution in [0.1, 0.15) is 16.7 Å². The maximum atomic E-state index is 13.0. The summed E-state index contributed by atoms with van der Waals surface area (Å²) in [5.41, 5.74) is 2.63. The highest BCUT2D eigenvalue weighted by atomic mass is 19.1. The summed E-state index contributed by atoms with van der Waals surface area (Å²) >= 11 is 0. The Hall–Kier alpha value is -1.78. The van der Waals surface area contributed by atoms with Crippen LogP contribution in [0.2, 0.25) is 0 Å². The van der Waals surface area contributed by atoms with Crippen molar-refractivity contribution in [3.8, 4) is 0 Å². The minimum absolute atomic E-state index is 0.0453. The van der Waals surface area contributed by atoms with E-state index in [0.29, 0.717) is 12.1 Å². The summed E-state index contributed by atoms with van der Waals surface area (Å²) in [6, 6.07) is 11.2. The van der Waals surface area contributed by atoms with Crippen molar-refractivity contribution in [1.82, 2.24) is 5.32 Å². The molecule has 0 saturated carbocycles. The molecule has 2 aromatic carbocycles. The molecular weight excluding hydrogens is 260 g/mol. The third-order valence-electron chi connectivity index (χ3n) is 3.05. The van der Waals surface area contributed by atoms with Crippen molar-refractivity contribution < 1.29 is 13.9 Å². The molecule has 0 saturated heterocycles. The van der Waals surface area contributed by atoms with E-state index in [0.717, 1.165) is 30.2 Å². The van der Waals surface area contributed by atoms with E-state index in [1.54, 1.807) is 0 Å². The summed E-state index contributed by atoms with van der Waals surface area (Å²) < 4.78 is 26.0. The van der Waals surface area contributed by atoms with Crippen LogP contribution < -0.4 is 5.32 Å². The van der Waals surface area contributed by atoms with Crippen molar-refractivity contribution in [2.45, 2.75) is 19.6 Å². The second-order valence-electron chi connectivity index (χ2n) is 4.68. The maximum absolute atomic E-state index is 13.0. The third-order valence-corrected chi connectivity index (χ3v) is 3.05. The van der Waals surface area contributed by atoms with Crippen LogP contribution in [0.15, 0.2) is 42.5 Å². The molecule has 0 bridgehead atoms. The predicted molar refractivity (Wildman–Crippen MR) is 74.1 cm³/mol. The molecule has 0 aromatic heterocycles. The topological polar surface area (TPSA) is 32.3 Å². The largest absolute Gasteiger partial charge is 0.392 e. The number of nitrogens with one attached hydrogen (secondary N) is 1. The molecule has 0 aliphatic heterocycles. The fraction of sp³-hybridized carbons (Fsp3) is 0.250. The van der Waals surface area contributed by atoms with Gasteiger partial charge in [0, 0.05) is 12.6 Å². The summed E-state index contributed by atoms with van der Waals surface area (Å²) in [5.74, 6) is -1.11. The first kappa shape index (κ1) is 14.6. The van der Waals surface area contributed by atoms with Crippen molar-refractivity contribution in [3.63, 3.8) is 0 Å². The molecule has 0 spiro atoms. The van der Waals surface area contributed by atoms with Gasteiger partial charge in [-0.05, 0) is 41.8 Å². The smallest absolute Gasteiger partial charge is 0.126 e. The number of aliphatic hydroxyl groups excluding tert-OH is 1. The van der Waals surface area contributed by atoms with Crippen LogP contribution in [-0.4, -0.2) is 11.7 Å². The zero-order chi connectivity index (χ0) is 14.4. The molecule has 0 atom stereocenters. The Labute approximate surface area is 117 Å². The highest BCUT2D eigenvalue weighted by Gasteiger charge is 2.00. The van der Waals surface area contributed by atoms with Crippen LogP contribution in [0.4, 0.5) is 8.78 Å². The first-order valence-corrected chi connectivity index (χ1v) is 6.52. The lowest BCUT2D eigenvalue weighted by Gasteiger charge is -2.06. The Bertz CT molecular complexity index is 535. The molecule has 0 amide bonds. The standard InChI is InChI=1S/C16H17F2NO/c17-15-7-14(8-16(18)9-15)10-19-6-5-12-1-3-13(11-20)4-2-12/h1-4,7-9,19-20H,5-6,10-11H2. The third kappa shape index (κ3) is 4.40. The maximum Gasteiger partial charge on any atom is 0.126 e. The summed E-state index contributed by atoms with van der Waals surface area (Å²) in [5, 5.41) is 12.1. The first-order chi connectivity index (χ1) is 9.67. The van der Waals surface area contributed by atoms with E-state index in [4.69, 9.17) is 5.11 Å². The van der Waals surface area contributed by atoms with Crippen LogP contribution >= 0.6 is 0 Å². The summed E-state index contributed by atoms with van der Waals surface area (Å²) in [6.45, 7) is 1.20. The first-order valence-electron chi connectivity index (χ1n) is 6.52. The van der Waals surface area contributed by atoms with E-state index in [2.05, 4.69) is 5.32 Å². The molecule has 2 aromatic rings. The fourth-order valence-electron chi connectivity index (χ4n) is 1.99. The monoisotopic (exact) mass is 277 g/mol. The molecular formula is C16H17F2NO. The van der Waals surface area contributed by atoms with Crippen LogP contribution in [-0.2, 0) is 19.6 Å². The van der Waals surface area contributed by atoms with Crippen molar-refractivity contribution in [1.29, 1.82) is 0 Å². The van der Waals surface area contributed by atoms with Gasteiger partial charge in [-0.15, -0.1) is 0 Å². The van der Waals surface area contributed by atoms with Gasteiger partial charge in [-0.3, -0.25) is 0 Å². The van der Waals surface area contributed by atoms with E-state index in [1.165, 1.54) is 12.1 Å². The quantitative estimate of drug-likeness (QED) is 0.796. The molecule has 2 rings (SSSR count). The minimum atomic E-state index is -0.554. The molecule has 2 N–H and O–H groups in total. The Balaban J connectivity index is 1.78. The van der Waals surface area contributed by atoms with E-state index in [-0.39, 0.29) is 6.61 Å². The molecule has 0 aliphatic rings. The molecule has 20 heavy (non-hydrogen) atoms. The number of benzene rings is 2. The van der Waals surface area contributed by atoms with Crippen molar-refractivity contribution >= 4 is 0 Å². The minimum Gasteiger partial charge on any atom is -0.392 e. The zero-order valence-corrected chi connectivity index (χ0v) is 11.1. The number of rotatable bonds is 6. The van der Waals surface area contributed by atoms with Gasteiger partial charge in [-0.25, -0.2) is 8.78 Å². The molecule has 0 radical (unpaired) electrons. The van der Waals surface area contributed by atoms with Crippen molar-refractivity contribution in [3.05, 3.63) is 70.8 Å². The average molecular weight is 277 g/mol. The summed E-state index contributed by atoms with van der Waals surface area (Å²) in [7, 11) is 0. The number of hydrogen-bond acceptors (Lipinski definition) is 2. The van der Waals surface area contributed by atoms with Crippen LogP contribution in [0.3, 0.4) is 0 Å². The highest BCUT2D eigenvalue weighted by molar-refractivity contribution is 5.22. The Morgan fingerprint density at radius 3 is 2.05 bits per heavy atom. The Kier molecular flexibility index (Phi) is 5.21. The molecule has 106 valence electrons. The molecule has 0 heterocycles. The lowest BCUT2D eigenvalue weighted by molar-refractivity contribution is 0.282. The molecule has 2 nitrogen and oxygen atoms in total. The van der Waals surface area contributed by atoms with E-state index < -0.39 is 11.6 Å². The Morgan fingerprint density at radius 2 is 1.45 bits per heavy atom. The lowest BCUT2D eigenvalue weighted by atomic mass is 10.1. The molecule has 0 unspecified atom stereocenters. The number of halogens is 2. The number of aliphatic hydroxyl groups is 1. The van der Waals surface area contributed by atoms with Gasteiger partial charge < -0.3 is 10.4 Å². The summed E-state index contributed by atoms with van der Waals surface area (Å²) in [4.78, 5) is 0. The van der Waals surface area contributed by atoms with E-state index >= 15 is 0 Å². The number of hydrogen-bond donors (Lipinski definition) is 2. The van der Waals surface area contributed by atoms with Gasteiger partial charge >= 0.3 is 0 Å². The van der Waals surface area contributed by atoms with E-state index in [1.807, 2.05) is 24.3 Å². The molecule has 4 heteroatoms.